The third-order valence-corrected chi connectivity index (χ3v) is 7.74. The molecule has 2 aliphatic heterocycles. The number of aromatic nitrogens is 3. The third-order valence-electron chi connectivity index (χ3n) is 7.03. The topological polar surface area (TPSA) is 71.3 Å². The van der Waals surface area contributed by atoms with Crippen LogP contribution in [-0.2, 0) is 19.5 Å². The summed E-state index contributed by atoms with van der Waals surface area (Å²) in [6.07, 6.45) is 11.5. The molecule has 0 spiro atoms. The lowest BCUT2D eigenvalue weighted by Crippen LogP contribution is -2.41. The zero-order chi connectivity index (χ0) is 24.2. The van der Waals surface area contributed by atoms with Crippen LogP contribution in [0.5, 0.6) is 0 Å². The summed E-state index contributed by atoms with van der Waals surface area (Å²) >= 11 is 1.48. The Morgan fingerprint density at radius 3 is 2.60 bits per heavy atom. The Labute approximate surface area is 210 Å². The van der Waals surface area contributed by atoms with Gasteiger partial charge in [0.25, 0.3) is 11.5 Å². The van der Waals surface area contributed by atoms with Crippen LogP contribution in [0, 0.1) is 0 Å². The zero-order valence-electron chi connectivity index (χ0n) is 20.2. The highest BCUT2D eigenvalue weighted by Gasteiger charge is 2.27. The summed E-state index contributed by atoms with van der Waals surface area (Å²) < 4.78 is 1.97. The maximum atomic E-state index is 13.7. The van der Waals surface area contributed by atoms with Crippen molar-refractivity contribution < 1.29 is 4.79 Å². The van der Waals surface area contributed by atoms with Crippen molar-refractivity contribution in [3.63, 3.8) is 0 Å². The van der Waals surface area contributed by atoms with Crippen molar-refractivity contribution in [3.05, 3.63) is 76.1 Å². The van der Waals surface area contributed by atoms with Crippen LogP contribution < -0.4 is 5.56 Å². The van der Waals surface area contributed by atoms with Gasteiger partial charge in [0, 0.05) is 62.4 Å². The fraction of sp³-hybridized carbons (Fsp3) is 0.407. The largest absolute Gasteiger partial charge is 0.334 e. The van der Waals surface area contributed by atoms with E-state index in [2.05, 4.69) is 14.9 Å². The molecular formula is C27H31N5O2S. The third kappa shape index (κ3) is 5.04. The average molecular weight is 490 g/mol. The van der Waals surface area contributed by atoms with Crippen molar-refractivity contribution in [1.82, 2.24) is 24.3 Å². The number of likely N-dealkylation sites (tertiary alicyclic amines) is 1. The zero-order valence-corrected chi connectivity index (χ0v) is 21.0. The number of fused-ring (bicyclic) bond motifs is 1. The molecule has 0 atom stereocenters. The molecule has 1 saturated heterocycles. The highest BCUT2D eigenvalue weighted by molar-refractivity contribution is 7.98. The van der Waals surface area contributed by atoms with Gasteiger partial charge in [0.2, 0.25) is 0 Å². The van der Waals surface area contributed by atoms with E-state index in [1.165, 1.54) is 31.0 Å². The minimum absolute atomic E-state index is 0.00960. The van der Waals surface area contributed by atoms with Crippen molar-refractivity contribution in [2.75, 3.05) is 32.4 Å². The molecule has 8 heteroatoms. The fourth-order valence-electron chi connectivity index (χ4n) is 5.18. The van der Waals surface area contributed by atoms with Gasteiger partial charge in [0.1, 0.15) is 5.03 Å². The van der Waals surface area contributed by atoms with Crippen LogP contribution in [0.15, 0.2) is 58.7 Å². The first-order valence-electron chi connectivity index (χ1n) is 12.3. The molecule has 0 radical (unpaired) electrons. The summed E-state index contributed by atoms with van der Waals surface area (Å²) in [6.45, 7) is 4.83. The van der Waals surface area contributed by atoms with Crippen LogP contribution in [0.1, 0.15) is 40.9 Å². The number of amides is 1. The van der Waals surface area contributed by atoms with Gasteiger partial charge >= 0.3 is 0 Å². The Morgan fingerprint density at radius 2 is 1.83 bits per heavy atom. The molecule has 1 amide bonds. The van der Waals surface area contributed by atoms with E-state index in [0.29, 0.717) is 37.2 Å². The molecule has 0 aliphatic carbocycles. The van der Waals surface area contributed by atoms with Crippen LogP contribution in [0.25, 0.3) is 11.1 Å². The van der Waals surface area contributed by atoms with E-state index in [1.54, 1.807) is 18.6 Å². The van der Waals surface area contributed by atoms with Gasteiger partial charge in [0.15, 0.2) is 0 Å². The van der Waals surface area contributed by atoms with E-state index in [4.69, 9.17) is 0 Å². The predicted molar refractivity (Wildman–Crippen MR) is 139 cm³/mol. The monoisotopic (exact) mass is 489 g/mol. The molecule has 1 fully saturated rings. The predicted octanol–water partition coefficient (Wildman–Crippen LogP) is 3.71. The number of hydrogen-bond acceptors (Lipinski definition) is 6. The summed E-state index contributed by atoms with van der Waals surface area (Å²) in [6, 6.07) is 9.40. The van der Waals surface area contributed by atoms with E-state index in [9.17, 15) is 9.59 Å². The minimum Gasteiger partial charge on any atom is -0.334 e. The van der Waals surface area contributed by atoms with Gasteiger partial charge in [-0.3, -0.25) is 14.6 Å². The highest BCUT2D eigenvalue weighted by atomic mass is 32.2. The molecule has 35 heavy (non-hydrogen) atoms. The number of pyridine rings is 3. The van der Waals surface area contributed by atoms with Gasteiger partial charge in [-0.25, -0.2) is 4.98 Å². The second-order valence-electron chi connectivity index (χ2n) is 9.16. The van der Waals surface area contributed by atoms with Gasteiger partial charge in [-0.1, -0.05) is 6.42 Å². The number of piperidine rings is 1. The Balaban J connectivity index is 1.49. The number of hydrogen-bond donors (Lipinski definition) is 0. The van der Waals surface area contributed by atoms with E-state index < -0.39 is 0 Å². The summed E-state index contributed by atoms with van der Waals surface area (Å²) in [5.41, 5.74) is 4.32. The van der Waals surface area contributed by atoms with Crippen molar-refractivity contribution in [2.24, 2.45) is 0 Å². The molecule has 0 unspecified atom stereocenters. The number of thioether (sulfide) groups is 1. The van der Waals surface area contributed by atoms with Crippen molar-refractivity contribution in [2.45, 2.75) is 43.8 Å². The van der Waals surface area contributed by atoms with E-state index in [0.717, 1.165) is 41.5 Å². The SMILES string of the molecule is CSc1ncccc1C(=O)N1CCc2c(cc(-c3ccncc3)c(=O)n2CCN2CCCCC2)C1. The van der Waals surface area contributed by atoms with Gasteiger partial charge in [-0.15, -0.1) is 11.8 Å². The Morgan fingerprint density at radius 1 is 1.03 bits per heavy atom. The lowest BCUT2D eigenvalue weighted by Gasteiger charge is -2.32. The smallest absolute Gasteiger partial charge is 0.258 e. The number of carbonyl (C=O) groups excluding carboxylic acids is 1. The van der Waals surface area contributed by atoms with Crippen LogP contribution in [0.2, 0.25) is 0 Å². The molecule has 0 saturated carbocycles. The molecule has 0 bridgehead atoms. The van der Waals surface area contributed by atoms with Crippen LogP contribution in [-0.4, -0.2) is 62.7 Å². The molecule has 5 heterocycles. The molecule has 7 nitrogen and oxygen atoms in total. The van der Waals surface area contributed by atoms with Crippen LogP contribution in [0.3, 0.4) is 0 Å². The van der Waals surface area contributed by atoms with Crippen LogP contribution >= 0.6 is 11.8 Å². The normalized spacial score (nSPS) is 16.2. The Kier molecular flexibility index (Phi) is 7.29. The van der Waals surface area contributed by atoms with E-state index >= 15 is 0 Å². The van der Waals surface area contributed by atoms with Crippen molar-refractivity contribution >= 4 is 17.7 Å². The number of nitrogens with zero attached hydrogens (tertiary/aromatic N) is 5. The van der Waals surface area contributed by atoms with Gasteiger partial charge in [-0.2, -0.15) is 0 Å². The fourth-order valence-corrected chi connectivity index (χ4v) is 5.72. The first-order valence-corrected chi connectivity index (χ1v) is 13.5. The maximum absolute atomic E-state index is 13.7. The molecular weight excluding hydrogens is 458 g/mol. The maximum Gasteiger partial charge on any atom is 0.258 e. The Bertz CT molecular complexity index is 1250. The van der Waals surface area contributed by atoms with Gasteiger partial charge < -0.3 is 14.4 Å². The quantitative estimate of drug-likeness (QED) is 0.492. The molecule has 0 N–H and O–H groups in total. The Hall–Kier alpha value is -2.97. The highest BCUT2D eigenvalue weighted by Crippen LogP contribution is 2.26. The standard InChI is InChI=1S/C27H31N5O2S/c1-35-25-22(6-5-10-29-25)26(33)31-15-9-24-21(19-31)18-23(20-7-11-28-12-8-20)27(34)32(24)17-16-30-13-3-2-4-14-30/h5-8,10-12,18H,2-4,9,13-17,19H2,1H3. The molecule has 0 aromatic carbocycles. The summed E-state index contributed by atoms with van der Waals surface area (Å²) in [5, 5.41) is 0.743. The molecule has 5 rings (SSSR count). The minimum atomic E-state index is -0.00960. The lowest BCUT2D eigenvalue weighted by atomic mass is 9.99. The van der Waals surface area contributed by atoms with Gasteiger partial charge in [-0.05, 0) is 73.6 Å². The number of rotatable bonds is 6. The molecule has 3 aromatic heterocycles. The first-order chi connectivity index (χ1) is 17.2. The molecule has 182 valence electrons. The number of carbonyl (C=O) groups is 1. The molecule has 2 aliphatic rings. The van der Waals surface area contributed by atoms with Crippen molar-refractivity contribution in [3.8, 4) is 11.1 Å². The summed E-state index contributed by atoms with van der Waals surface area (Å²) in [4.78, 5) is 39.9. The molecule has 3 aromatic rings. The summed E-state index contributed by atoms with van der Waals surface area (Å²) in [7, 11) is 0. The first kappa shape index (κ1) is 23.8. The average Bonchev–Trinajstić information content (AvgIpc) is 2.92. The van der Waals surface area contributed by atoms with Crippen molar-refractivity contribution in [1.29, 1.82) is 0 Å². The van der Waals surface area contributed by atoms with Crippen LogP contribution in [0.4, 0.5) is 0 Å². The lowest BCUT2D eigenvalue weighted by molar-refractivity contribution is 0.0727. The van der Waals surface area contributed by atoms with E-state index in [-0.39, 0.29) is 11.5 Å². The van der Waals surface area contributed by atoms with Gasteiger partial charge in [0.05, 0.1) is 5.56 Å². The van der Waals surface area contributed by atoms with E-state index in [1.807, 2.05) is 46.1 Å². The summed E-state index contributed by atoms with van der Waals surface area (Å²) in [5.74, 6) is -0.00960. The second-order valence-corrected chi connectivity index (χ2v) is 9.96. The second kappa shape index (κ2) is 10.7.